The van der Waals surface area contributed by atoms with E-state index >= 15 is 0 Å². The van der Waals surface area contributed by atoms with Crippen LogP contribution in [-0.2, 0) is 6.54 Å². The van der Waals surface area contributed by atoms with E-state index < -0.39 is 0 Å². The third-order valence-corrected chi connectivity index (χ3v) is 6.04. The topological polar surface area (TPSA) is 28.2 Å². The molecular formula is C13H23N3S2. The van der Waals surface area contributed by atoms with Crippen LogP contribution in [0.5, 0.6) is 0 Å². The first-order valence-electron chi connectivity index (χ1n) is 6.68. The van der Waals surface area contributed by atoms with Gasteiger partial charge in [-0.15, -0.1) is 11.3 Å². The number of thioether (sulfide) groups is 1. The van der Waals surface area contributed by atoms with Crippen LogP contribution in [0, 0.1) is 0 Å². The molecule has 0 radical (unpaired) electrons. The molecule has 1 fully saturated rings. The predicted molar refractivity (Wildman–Crippen MR) is 82.9 cm³/mol. The van der Waals surface area contributed by atoms with E-state index in [0.29, 0.717) is 4.75 Å². The molecule has 102 valence electrons. The number of nitrogens with zero attached hydrogens (tertiary/aromatic N) is 2. The summed E-state index contributed by atoms with van der Waals surface area (Å²) in [5, 5.41) is 4.73. The zero-order chi connectivity index (χ0) is 13.0. The van der Waals surface area contributed by atoms with Crippen LogP contribution in [0.4, 0.5) is 5.13 Å². The minimum atomic E-state index is 0.548. The molecule has 1 heterocycles. The van der Waals surface area contributed by atoms with Crippen molar-refractivity contribution in [1.82, 2.24) is 10.3 Å². The van der Waals surface area contributed by atoms with Gasteiger partial charge >= 0.3 is 0 Å². The van der Waals surface area contributed by atoms with Crippen LogP contribution in [0.1, 0.15) is 31.6 Å². The molecule has 1 aromatic heterocycles. The molecule has 0 unspecified atom stereocenters. The molecule has 0 saturated heterocycles. The minimum absolute atomic E-state index is 0.548. The van der Waals surface area contributed by atoms with Gasteiger partial charge in [0.15, 0.2) is 5.13 Å². The quantitative estimate of drug-likeness (QED) is 0.795. The third kappa shape index (κ3) is 3.39. The van der Waals surface area contributed by atoms with Crippen LogP contribution in [0.2, 0.25) is 0 Å². The van der Waals surface area contributed by atoms with Crippen molar-refractivity contribution in [2.24, 2.45) is 0 Å². The molecule has 0 amide bonds. The first kappa shape index (κ1) is 14.2. The second-order valence-electron chi connectivity index (χ2n) is 4.77. The highest BCUT2D eigenvalue weighted by atomic mass is 32.2. The summed E-state index contributed by atoms with van der Waals surface area (Å²) in [6.07, 6.45) is 6.98. The van der Waals surface area contributed by atoms with Gasteiger partial charge in [0.1, 0.15) is 0 Å². The van der Waals surface area contributed by atoms with Crippen LogP contribution in [0.3, 0.4) is 0 Å². The number of hydrogen-bond acceptors (Lipinski definition) is 5. The SMILES string of the molecule is CCN(CC)c1ncc(CNCC2(SC)CC2)s1. The van der Waals surface area contributed by atoms with Gasteiger partial charge in [-0.25, -0.2) is 4.98 Å². The normalized spacial score (nSPS) is 16.8. The van der Waals surface area contributed by atoms with Gasteiger partial charge in [0.25, 0.3) is 0 Å². The highest BCUT2D eigenvalue weighted by molar-refractivity contribution is 8.00. The van der Waals surface area contributed by atoms with Crippen LogP contribution in [-0.4, -0.2) is 35.6 Å². The molecule has 5 heteroatoms. The van der Waals surface area contributed by atoms with E-state index in [2.05, 4.69) is 35.3 Å². The van der Waals surface area contributed by atoms with E-state index in [9.17, 15) is 0 Å². The number of rotatable bonds is 8. The van der Waals surface area contributed by atoms with Gasteiger partial charge in [-0.05, 0) is 32.9 Å². The molecule has 1 aliphatic carbocycles. The smallest absolute Gasteiger partial charge is 0.185 e. The van der Waals surface area contributed by atoms with Gasteiger partial charge in [0, 0.05) is 42.0 Å². The fourth-order valence-corrected chi connectivity index (χ4v) is 3.79. The summed E-state index contributed by atoms with van der Waals surface area (Å²) in [7, 11) is 0. The summed E-state index contributed by atoms with van der Waals surface area (Å²) in [4.78, 5) is 8.15. The molecule has 0 aliphatic heterocycles. The second-order valence-corrected chi connectivity index (χ2v) is 7.14. The zero-order valence-corrected chi connectivity index (χ0v) is 13.2. The third-order valence-electron chi connectivity index (χ3n) is 3.56. The van der Waals surface area contributed by atoms with E-state index in [0.717, 1.165) is 31.3 Å². The summed E-state index contributed by atoms with van der Waals surface area (Å²) in [5.74, 6) is 0. The van der Waals surface area contributed by atoms with Crippen molar-refractivity contribution >= 4 is 28.2 Å². The highest BCUT2D eigenvalue weighted by Gasteiger charge is 2.41. The molecule has 0 aromatic carbocycles. The van der Waals surface area contributed by atoms with Crippen molar-refractivity contribution in [1.29, 1.82) is 0 Å². The Morgan fingerprint density at radius 2 is 2.17 bits per heavy atom. The van der Waals surface area contributed by atoms with Gasteiger partial charge < -0.3 is 10.2 Å². The van der Waals surface area contributed by atoms with Crippen molar-refractivity contribution in [3.8, 4) is 0 Å². The van der Waals surface area contributed by atoms with Crippen LogP contribution in [0.15, 0.2) is 6.20 Å². The van der Waals surface area contributed by atoms with Gasteiger partial charge in [0.2, 0.25) is 0 Å². The maximum absolute atomic E-state index is 4.51. The van der Waals surface area contributed by atoms with Crippen molar-refractivity contribution in [2.45, 2.75) is 38.0 Å². The van der Waals surface area contributed by atoms with Crippen molar-refractivity contribution in [2.75, 3.05) is 30.8 Å². The van der Waals surface area contributed by atoms with Gasteiger partial charge in [0.05, 0.1) is 0 Å². The maximum Gasteiger partial charge on any atom is 0.185 e. The van der Waals surface area contributed by atoms with Gasteiger partial charge in [-0.1, -0.05) is 0 Å². The van der Waals surface area contributed by atoms with Gasteiger partial charge in [-0.3, -0.25) is 0 Å². The molecule has 1 aliphatic rings. The van der Waals surface area contributed by atoms with E-state index in [1.807, 2.05) is 29.3 Å². The fraction of sp³-hybridized carbons (Fsp3) is 0.769. The molecular weight excluding hydrogens is 262 g/mol. The molecule has 3 nitrogen and oxygen atoms in total. The van der Waals surface area contributed by atoms with Crippen LogP contribution in [0.25, 0.3) is 0 Å². The number of hydrogen-bond donors (Lipinski definition) is 1. The average molecular weight is 285 g/mol. The Kier molecular flexibility index (Phi) is 4.92. The van der Waals surface area contributed by atoms with Crippen molar-refractivity contribution in [3.63, 3.8) is 0 Å². The summed E-state index contributed by atoms with van der Waals surface area (Å²) < 4.78 is 0.548. The lowest BCUT2D eigenvalue weighted by Gasteiger charge is -2.16. The van der Waals surface area contributed by atoms with E-state index in [1.165, 1.54) is 17.7 Å². The molecule has 0 spiro atoms. The summed E-state index contributed by atoms with van der Waals surface area (Å²) >= 11 is 3.82. The molecule has 1 saturated carbocycles. The Hall–Kier alpha value is -0.260. The molecule has 2 rings (SSSR count). The van der Waals surface area contributed by atoms with Crippen LogP contribution < -0.4 is 10.2 Å². The Morgan fingerprint density at radius 1 is 1.44 bits per heavy atom. The van der Waals surface area contributed by atoms with Gasteiger partial charge in [-0.2, -0.15) is 11.8 Å². The Balaban J connectivity index is 1.79. The first-order valence-corrected chi connectivity index (χ1v) is 8.72. The summed E-state index contributed by atoms with van der Waals surface area (Å²) in [6, 6.07) is 0. The Bertz CT molecular complexity index is 370. The standard InChI is InChI=1S/C13H23N3S2/c1-4-16(5-2)12-15-9-11(18-12)8-14-10-13(17-3)6-7-13/h9,14H,4-8,10H2,1-3H3. The van der Waals surface area contributed by atoms with Crippen LogP contribution >= 0.6 is 23.1 Å². The molecule has 1 aromatic rings. The monoisotopic (exact) mass is 285 g/mol. The van der Waals surface area contributed by atoms with E-state index in [1.54, 1.807) is 0 Å². The summed E-state index contributed by atoms with van der Waals surface area (Å²) in [6.45, 7) is 8.52. The lowest BCUT2D eigenvalue weighted by Crippen LogP contribution is -2.25. The highest BCUT2D eigenvalue weighted by Crippen LogP contribution is 2.46. The predicted octanol–water partition coefficient (Wildman–Crippen LogP) is 2.97. The molecule has 1 N–H and O–H groups in total. The van der Waals surface area contributed by atoms with E-state index in [-0.39, 0.29) is 0 Å². The Labute approximate surface area is 118 Å². The number of aromatic nitrogens is 1. The Morgan fingerprint density at radius 3 is 2.72 bits per heavy atom. The lowest BCUT2D eigenvalue weighted by molar-refractivity contribution is 0.668. The number of nitrogens with one attached hydrogen (secondary N) is 1. The number of anilines is 1. The molecule has 18 heavy (non-hydrogen) atoms. The molecule has 0 bridgehead atoms. The number of thiazole rings is 1. The average Bonchev–Trinajstić information content (AvgIpc) is 3.03. The van der Waals surface area contributed by atoms with Crippen molar-refractivity contribution in [3.05, 3.63) is 11.1 Å². The largest absolute Gasteiger partial charge is 0.349 e. The van der Waals surface area contributed by atoms with Crippen molar-refractivity contribution < 1.29 is 0 Å². The lowest BCUT2D eigenvalue weighted by atomic mass is 10.4. The first-order chi connectivity index (χ1) is 8.73. The molecule has 0 atom stereocenters. The fourth-order valence-electron chi connectivity index (χ4n) is 2.03. The minimum Gasteiger partial charge on any atom is -0.349 e. The van der Waals surface area contributed by atoms with E-state index in [4.69, 9.17) is 0 Å². The summed E-state index contributed by atoms with van der Waals surface area (Å²) in [5.41, 5.74) is 0. The zero-order valence-electron chi connectivity index (χ0n) is 11.5. The second kappa shape index (κ2) is 6.26. The maximum atomic E-state index is 4.51.